The first-order valence-corrected chi connectivity index (χ1v) is 8.30. The summed E-state index contributed by atoms with van der Waals surface area (Å²) in [7, 11) is -3.23. The molecule has 0 saturated carbocycles. The van der Waals surface area contributed by atoms with Crippen LogP contribution in [0, 0.1) is 5.92 Å². The van der Waals surface area contributed by atoms with Gasteiger partial charge in [0.05, 0.1) is 12.8 Å². The second-order valence-corrected chi connectivity index (χ2v) is 7.13. The summed E-state index contributed by atoms with van der Waals surface area (Å²) >= 11 is 0. The van der Waals surface area contributed by atoms with Gasteiger partial charge in [-0.1, -0.05) is 0 Å². The number of imidazole rings is 1. The van der Waals surface area contributed by atoms with E-state index in [2.05, 4.69) is 10.1 Å². The van der Waals surface area contributed by atoms with E-state index in [1.807, 2.05) is 27.7 Å². The fourth-order valence-corrected chi connectivity index (χ4v) is 3.38. The van der Waals surface area contributed by atoms with E-state index in [4.69, 9.17) is 0 Å². The van der Waals surface area contributed by atoms with Gasteiger partial charge in [-0.2, -0.15) is 9.40 Å². The third-order valence-electron chi connectivity index (χ3n) is 3.51. The Hall–Kier alpha value is -1.67. The number of aromatic nitrogens is 4. The zero-order valence-corrected chi connectivity index (χ0v) is 12.1. The number of hydrogen-bond donors (Lipinski definition) is 0. The summed E-state index contributed by atoms with van der Waals surface area (Å²) < 4.78 is 29.1. The minimum absolute atomic E-state index is 0.167. The summed E-state index contributed by atoms with van der Waals surface area (Å²) in [4.78, 5) is 4.25. The highest BCUT2D eigenvalue weighted by atomic mass is 32.2. The molecular weight excluding hydrogens is 278 g/mol. The van der Waals surface area contributed by atoms with Gasteiger partial charge in [-0.15, -0.1) is 0 Å². The van der Waals surface area contributed by atoms with Crippen LogP contribution in [0.2, 0.25) is 0 Å². The second kappa shape index (κ2) is 5.02. The van der Waals surface area contributed by atoms with E-state index in [9.17, 15) is 8.42 Å². The van der Waals surface area contributed by atoms with Gasteiger partial charge in [0.2, 0.25) is 10.0 Å². The van der Waals surface area contributed by atoms with Crippen LogP contribution in [0.1, 0.15) is 5.82 Å². The Morgan fingerprint density at radius 3 is 2.85 bits per heavy atom. The maximum atomic E-state index is 11.9. The molecule has 0 amide bonds. The van der Waals surface area contributed by atoms with Gasteiger partial charge in [-0.3, -0.25) is 4.68 Å². The van der Waals surface area contributed by atoms with Crippen LogP contribution in [-0.2, 0) is 29.7 Å². The highest BCUT2D eigenvalue weighted by Gasteiger charge is 2.27. The normalized spacial score (nSPS) is 20.6. The van der Waals surface area contributed by atoms with Crippen LogP contribution >= 0.6 is 0 Å². The van der Waals surface area contributed by atoms with Crippen molar-refractivity contribution < 1.29 is 8.42 Å². The van der Waals surface area contributed by atoms with Crippen molar-refractivity contribution in [2.45, 2.75) is 19.6 Å². The minimum atomic E-state index is -3.23. The van der Waals surface area contributed by atoms with E-state index in [0.717, 1.165) is 12.4 Å². The molecule has 0 unspecified atom stereocenters. The van der Waals surface area contributed by atoms with Gasteiger partial charge in [0.1, 0.15) is 5.82 Å². The lowest BCUT2D eigenvalue weighted by atomic mass is 10.1. The predicted molar refractivity (Wildman–Crippen MR) is 73.2 cm³/mol. The predicted octanol–water partition coefficient (Wildman–Crippen LogP) is 0.171. The number of fused-ring (bicyclic) bond motifs is 1. The molecule has 0 radical (unpaired) electrons. The zero-order valence-electron chi connectivity index (χ0n) is 11.3. The molecule has 1 aliphatic rings. The lowest BCUT2D eigenvalue weighted by molar-refractivity contribution is 0.304. The molecule has 20 heavy (non-hydrogen) atoms. The van der Waals surface area contributed by atoms with Gasteiger partial charge in [0, 0.05) is 50.3 Å². The van der Waals surface area contributed by atoms with Crippen LogP contribution in [0.5, 0.6) is 0 Å². The Morgan fingerprint density at radius 1 is 1.30 bits per heavy atom. The van der Waals surface area contributed by atoms with E-state index in [0.29, 0.717) is 19.6 Å². The summed E-state index contributed by atoms with van der Waals surface area (Å²) in [6, 6.07) is 1.87. The van der Waals surface area contributed by atoms with E-state index < -0.39 is 10.0 Å². The average Bonchev–Trinajstić information content (AvgIpc) is 2.97. The van der Waals surface area contributed by atoms with Gasteiger partial charge in [-0.25, -0.2) is 13.4 Å². The largest absolute Gasteiger partial charge is 0.333 e. The van der Waals surface area contributed by atoms with Crippen LogP contribution in [0.3, 0.4) is 0 Å². The maximum absolute atomic E-state index is 11.9. The van der Waals surface area contributed by atoms with E-state index in [1.165, 1.54) is 10.6 Å². The minimum Gasteiger partial charge on any atom is -0.333 e. The Balaban J connectivity index is 1.87. The monoisotopic (exact) mass is 295 g/mol. The Labute approximate surface area is 117 Å². The Kier molecular flexibility index (Phi) is 3.35. The molecule has 3 heterocycles. The summed E-state index contributed by atoms with van der Waals surface area (Å²) in [6.45, 7) is 2.27. The van der Waals surface area contributed by atoms with E-state index >= 15 is 0 Å². The summed E-state index contributed by atoms with van der Waals surface area (Å²) in [5, 5.41) is 4.20. The summed E-state index contributed by atoms with van der Waals surface area (Å²) in [5.74, 6) is 0.957. The van der Waals surface area contributed by atoms with Gasteiger partial charge in [0.15, 0.2) is 0 Å². The highest BCUT2D eigenvalue weighted by molar-refractivity contribution is 7.88. The first kappa shape index (κ1) is 13.3. The van der Waals surface area contributed by atoms with Crippen molar-refractivity contribution >= 4 is 10.0 Å². The van der Waals surface area contributed by atoms with E-state index in [-0.39, 0.29) is 5.92 Å². The van der Waals surface area contributed by atoms with Crippen LogP contribution in [0.15, 0.2) is 30.9 Å². The number of nitrogens with zero attached hydrogens (tertiary/aromatic N) is 5. The lowest BCUT2D eigenvalue weighted by Crippen LogP contribution is -2.34. The molecule has 0 fully saturated rings. The number of sulfonamides is 1. The molecule has 1 atom stereocenters. The third kappa shape index (κ3) is 2.75. The van der Waals surface area contributed by atoms with Crippen molar-refractivity contribution in [1.82, 2.24) is 23.6 Å². The molecule has 0 aromatic carbocycles. The average molecular weight is 295 g/mol. The molecule has 0 spiro atoms. The molecule has 8 heteroatoms. The molecule has 1 aliphatic heterocycles. The van der Waals surface area contributed by atoms with Gasteiger partial charge < -0.3 is 4.57 Å². The molecule has 2 aromatic heterocycles. The first-order valence-electron chi connectivity index (χ1n) is 6.45. The molecule has 0 bridgehead atoms. The van der Waals surface area contributed by atoms with Crippen LogP contribution < -0.4 is 0 Å². The quantitative estimate of drug-likeness (QED) is 0.809. The first-order chi connectivity index (χ1) is 9.52. The van der Waals surface area contributed by atoms with Crippen molar-refractivity contribution in [3.05, 3.63) is 36.7 Å². The molecule has 0 aliphatic carbocycles. The number of hydrogen-bond acceptors (Lipinski definition) is 4. The topological polar surface area (TPSA) is 73.0 Å². The molecular formula is C12H17N5O2S. The van der Waals surface area contributed by atoms with Crippen molar-refractivity contribution in [1.29, 1.82) is 0 Å². The SMILES string of the molecule is CS(=O)(=O)N1Cc2nccn2C[C@H](Cn2cccn2)C1. The third-order valence-corrected chi connectivity index (χ3v) is 4.73. The van der Waals surface area contributed by atoms with Crippen LogP contribution in [0.25, 0.3) is 0 Å². The van der Waals surface area contributed by atoms with Crippen LogP contribution in [-0.4, -0.2) is 44.9 Å². The van der Waals surface area contributed by atoms with Crippen molar-refractivity contribution in [2.24, 2.45) is 5.92 Å². The van der Waals surface area contributed by atoms with Gasteiger partial charge in [-0.05, 0) is 6.07 Å². The zero-order chi connectivity index (χ0) is 14.2. The second-order valence-electron chi connectivity index (χ2n) is 5.15. The molecule has 108 valence electrons. The Bertz CT molecular complexity index is 677. The molecule has 3 rings (SSSR count). The fraction of sp³-hybridized carbons (Fsp3) is 0.500. The van der Waals surface area contributed by atoms with Crippen LogP contribution in [0.4, 0.5) is 0 Å². The summed E-state index contributed by atoms with van der Waals surface area (Å²) in [5.41, 5.74) is 0. The van der Waals surface area contributed by atoms with Gasteiger partial charge >= 0.3 is 0 Å². The number of rotatable bonds is 3. The summed E-state index contributed by atoms with van der Waals surface area (Å²) in [6.07, 6.45) is 8.48. The molecule has 0 N–H and O–H groups in total. The molecule has 7 nitrogen and oxygen atoms in total. The Morgan fingerprint density at radius 2 is 2.15 bits per heavy atom. The van der Waals surface area contributed by atoms with Crippen molar-refractivity contribution in [2.75, 3.05) is 12.8 Å². The molecule has 2 aromatic rings. The fourth-order valence-electron chi connectivity index (χ4n) is 2.55. The van der Waals surface area contributed by atoms with Gasteiger partial charge in [0.25, 0.3) is 0 Å². The highest BCUT2D eigenvalue weighted by Crippen LogP contribution is 2.18. The standard InChI is InChI=1S/C12H17N5O2S/c1-20(18,19)17-9-11(8-16-5-2-3-14-16)7-15-6-4-13-12(15)10-17/h2-6,11H,7-10H2,1H3/t11-/m1/s1. The van der Waals surface area contributed by atoms with Crippen molar-refractivity contribution in [3.8, 4) is 0 Å². The van der Waals surface area contributed by atoms with E-state index in [1.54, 1.807) is 12.4 Å². The molecule has 0 saturated heterocycles. The smallest absolute Gasteiger partial charge is 0.211 e. The van der Waals surface area contributed by atoms with Crippen molar-refractivity contribution in [3.63, 3.8) is 0 Å². The lowest BCUT2D eigenvalue weighted by Gasteiger charge is -2.21. The maximum Gasteiger partial charge on any atom is 0.211 e.